The molecule has 0 spiro atoms. The number of nitrogens with one attached hydrogen (secondary N) is 2. The third-order valence-electron chi connectivity index (χ3n) is 6.55. The van der Waals surface area contributed by atoms with E-state index in [0.29, 0.717) is 43.9 Å². The number of ether oxygens (including phenoxy) is 1. The van der Waals surface area contributed by atoms with Crippen molar-refractivity contribution >= 4 is 33.3 Å². The summed E-state index contributed by atoms with van der Waals surface area (Å²) in [6.07, 6.45) is 4.58. The smallest absolute Gasteiger partial charge is 0.310 e. The lowest BCUT2D eigenvalue weighted by Crippen LogP contribution is -2.40. The summed E-state index contributed by atoms with van der Waals surface area (Å²) >= 11 is 0. The molecule has 1 fully saturated rings. The lowest BCUT2D eigenvalue weighted by atomic mass is 9.97. The minimum absolute atomic E-state index is 0.0751. The van der Waals surface area contributed by atoms with Crippen LogP contribution < -0.4 is 14.9 Å². The van der Waals surface area contributed by atoms with E-state index in [1.54, 1.807) is 26.0 Å². The Morgan fingerprint density at radius 3 is 2.57 bits per heavy atom. The van der Waals surface area contributed by atoms with Gasteiger partial charge in [-0.3, -0.25) is 9.59 Å². The fourth-order valence-corrected chi connectivity index (χ4v) is 6.06. The van der Waals surface area contributed by atoms with Crippen molar-refractivity contribution in [2.24, 2.45) is 5.92 Å². The Morgan fingerprint density at radius 1 is 1.11 bits per heavy atom. The van der Waals surface area contributed by atoms with Crippen molar-refractivity contribution in [1.29, 1.82) is 0 Å². The summed E-state index contributed by atoms with van der Waals surface area (Å²) < 4.78 is 35.4. The molecule has 2 atom stereocenters. The molecule has 8 nitrogen and oxygen atoms in total. The Labute approximate surface area is 220 Å². The van der Waals surface area contributed by atoms with Crippen LogP contribution in [0.2, 0.25) is 0 Å². The Hall–Kier alpha value is -2.91. The second-order valence-electron chi connectivity index (χ2n) is 9.48. The fourth-order valence-electron chi connectivity index (χ4n) is 4.58. The standard InChI is InChI=1S/C28H39N3O5S/c1-4-6-8-15-27(32)29-24-16-17-25(31-18-11-14-23(20-31)28(33)36-5-2)26(19-24)37(34,35)30-21(3)22-12-9-7-10-13-22/h7,9-10,12-13,16-17,19,21,23,30H,4-6,8,11,14-15,18,20H2,1-3H3,(H,29,32)/t21-,23+/m1/s1. The monoisotopic (exact) mass is 529 g/mol. The van der Waals surface area contributed by atoms with Gasteiger partial charge in [-0.1, -0.05) is 50.1 Å². The van der Waals surface area contributed by atoms with E-state index in [2.05, 4.69) is 17.0 Å². The largest absolute Gasteiger partial charge is 0.466 e. The summed E-state index contributed by atoms with van der Waals surface area (Å²) in [5, 5.41) is 2.85. The zero-order valence-corrected chi connectivity index (χ0v) is 22.9. The van der Waals surface area contributed by atoms with Gasteiger partial charge in [-0.05, 0) is 56.9 Å². The number of hydrogen-bond donors (Lipinski definition) is 2. The van der Waals surface area contributed by atoms with Crippen molar-refractivity contribution in [3.05, 3.63) is 54.1 Å². The number of benzene rings is 2. The molecule has 37 heavy (non-hydrogen) atoms. The number of carbonyl (C=O) groups excluding carboxylic acids is 2. The Bertz CT molecular complexity index is 1150. The number of unbranched alkanes of at least 4 members (excludes halogenated alkanes) is 2. The summed E-state index contributed by atoms with van der Waals surface area (Å²) in [5.41, 5.74) is 1.77. The molecule has 1 aliphatic heterocycles. The quantitative estimate of drug-likeness (QED) is 0.295. The average Bonchev–Trinajstić information content (AvgIpc) is 2.89. The van der Waals surface area contributed by atoms with Crippen LogP contribution >= 0.6 is 0 Å². The number of nitrogens with zero attached hydrogens (tertiary/aromatic N) is 1. The van der Waals surface area contributed by atoms with E-state index in [1.807, 2.05) is 35.2 Å². The van der Waals surface area contributed by atoms with E-state index in [0.717, 1.165) is 31.2 Å². The number of piperidine rings is 1. The van der Waals surface area contributed by atoms with Gasteiger partial charge < -0.3 is 15.0 Å². The first-order valence-electron chi connectivity index (χ1n) is 13.2. The Morgan fingerprint density at radius 2 is 1.86 bits per heavy atom. The maximum atomic E-state index is 13.7. The van der Waals surface area contributed by atoms with E-state index in [4.69, 9.17) is 4.74 Å². The van der Waals surface area contributed by atoms with Crippen LogP contribution in [-0.4, -0.2) is 40.0 Å². The van der Waals surface area contributed by atoms with Crippen LogP contribution in [0.1, 0.15) is 70.9 Å². The number of sulfonamides is 1. The van der Waals surface area contributed by atoms with Crippen molar-refractivity contribution in [3.8, 4) is 0 Å². The van der Waals surface area contributed by atoms with Gasteiger partial charge >= 0.3 is 5.97 Å². The molecule has 3 rings (SSSR count). The van der Waals surface area contributed by atoms with Crippen molar-refractivity contribution < 1.29 is 22.7 Å². The van der Waals surface area contributed by atoms with Gasteiger partial charge in [0.15, 0.2) is 0 Å². The topological polar surface area (TPSA) is 105 Å². The highest BCUT2D eigenvalue weighted by atomic mass is 32.2. The number of anilines is 2. The molecule has 0 saturated carbocycles. The molecule has 2 N–H and O–H groups in total. The molecular formula is C28H39N3O5S. The fraction of sp³-hybridized carbons (Fsp3) is 0.500. The highest BCUT2D eigenvalue weighted by Gasteiger charge is 2.31. The van der Waals surface area contributed by atoms with E-state index in [9.17, 15) is 18.0 Å². The number of esters is 1. The van der Waals surface area contributed by atoms with Gasteiger partial charge in [0.2, 0.25) is 15.9 Å². The summed E-state index contributed by atoms with van der Waals surface area (Å²) in [4.78, 5) is 26.9. The number of amides is 1. The maximum absolute atomic E-state index is 13.7. The van der Waals surface area contributed by atoms with Crippen LogP contribution in [0.15, 0.2) is 53.4 Å². The molecule has 0 radical (unpaired) electrons. The molecule has 0 bridgehead atoms. The molecule has 1 heterocycles. The second-order valence-corrected chi connectivity index (χ2v) is 11.2. The molecule has 2 aromatic rings. The van der Waals surface area contributed by atoms with Gasteiger partial charge in [-0.2, -0.15) is 0 Å². The molecule has 9 heteroatoms. The highest BCUT2D eigenvalue weighted by molar-refractivity contribution is 7.89. The van der Waals surface area contributed by atoms with E-state index in [1.165, 1.54) is 6.07 Å². The van der Waals surface area contributed by atoms with Crippen LogP contribution in [0, 0.1) is 5.92 Å². The molecule has 202 valence electrons. The van der Waals surface area contributed by atoms with Crippen LogP contribution in [-0.2, 0) is 24.3 Å². The number of carbonyl (C=O) groups is 2. The van der Waals surface area contributed by atoms with E-state index in [-0.39, 0.29) is 22.7 Å². The minimum Gasteiger partial charge on any atom is -0.466 e. The maximum Gasteiger partial charge on any atom is 0.310 e. The third-order valence-corrected chi connectivity index (χ3v) is 8.12. The molecule has 0 aromatic heterocycles. The zero-order chi connectivity index (χ0) is 26.8. The van der Waals surface area contributed by atoms with Crippen molar-refractivity contribution in [1.82, 2.24) is 4.72 Å². The van der Waals surface area contributed by atoms with Crippen molar-refractivity contribution in [2.75, 3.05) is 29.9 Å². The minimum atomic E-state index is -3.97. The first kappa shape index (κ1) is 28.7. The number of rotatable bonds is 12. The average molecular weight is 530 g/mol. The summed E-state index contributed by atoms with van der Waals surface area (Å²) in [5.74, 6) is -0.725. The second kappa shape index (κ2) is 13.6. The first-order valence-corrected chi connectivity index (χ1v) is 14.7. The molecular weight excluding hydrogens is 490 g/mol. The predicted octanol–water partition coefficient (Wildman–Crippen LogP) is 5.02. The van der Waals surface area contributed by atoms with Crippen LogP contribution in [0.3, 0.4) is 0 Å². The molecule has 2 aromatic carbocycles. The summed E-state index contributed by atoms with van der Waals surface area (Å²) in [6.45, 7) is 6.95. The molecule has 1 aliphatic rings. The van der Waals surface area contributed by atoms with Crippen molar-refractivity contribution in [2.45, 2.75) is 70.2 Å². The lowest BCUT2D eigenvalue weighted by molar-refractivity contribution is -0.148. The third kappa shape index (κ3) is 8.04. The first-order chi connectivity index (χ1) is 17.7. The van der Waals surface area contributed by atoms with Gasteiger partial charge in [-0.25, -0.2) is 13.1 Å². The van der Waals surface area contributed by atoms with Crippen LogP contribution in [0.25, 0.3) is 0 Å². The summed E-state index contributed by atoms with van der Waals surface area (Å²) in [7, 11) is -3.97. The lowest BCUT2D eigenvalue weighted by Gasteiger charge is -2.34. The Kier molecular flexibility index (Phi) is 10.5. The van der Waals surface area contributed by atoms with Crippen molar-refractivity contribution in [3.63, 3.8) is 0 Å². The van der Waals surface area contributed by atoms with Gasteiger partial charge in [0, 0.05) is 31.2 Å². The van der Waals surface area contributed by atoms with Gasteiger partial charge in [0.1, 0.15) is 4.90 Å². The highest BCUT2D eigenvalue weighted by Crippen LogP contribution is 2.33. The summed E-state index contributed by atoms with van der Waals surface area (Å²) in [6, 6.07) is 13.8. The molecule has 1 amide bonds. The van der Waals surface area contributed by atoms with Gasteiger partial charge in [-0.15, -0.1) is 0 Å². The predicted molar refractivity (Wildman–Crippen MR) is 146 cm³/mol. The van der Waals surface area contributed by atoms with E-state index < -0.39 is 16.1 Å². The van der Waals surface area contributed by atoms with E-state index >= 15 is 0 Å². The Balaban J connectivity index is 1.91. The molecule has 0 unspecified atom stereocenters. The molecule has 1 saturated heterocycles. The molecule has 0 aliphatic carbocycles. The SMILES string of the molecule is CCCCCC(=O)Nc1ccc(N2CCC[C@H](C(=O)OCC)C2)c(S(=O)(=O)N[C@H](C)c2ccccc2)c1. The van der Waals surface area contributed by atoms with Gasteiger partial charge in [0.25, 0.3) is 0 Å². The van der Waals surface area contributed by atoms with Crippen LogP contribution in [0.4, 0.5) is 11.4 Å². The van der Waals surface area contributed by atoms with Crippen LogP contribution in [0.5, 0.6) is 0 Å². The zero-order valence-electron chi connectivity index (χ0n) is 22.0. The normalized spacial score (nSPS) is 16.7. The number of hydrogen-bond acceptors (Lipinski definition) is 6. The van der Waals surface area contributed by atoms with Gasteiger partial charge in [0.05, 0.1) is 18.2 Å².